The monoisotopic (exact) mass is 312 g/mol. The molecule has 0 aliphatic carbocycles. The van der Waals surface area contributed by atoms with Crippen LogP contribution in [0.15, 0.2) is 36.5 Å². The molecular weight excluding hydrogens is 288 g/mol. The van der Waals surface area contributed by atoms with E-state index in [1.165, 1.54) is 0 Å². The largest absolute Gasteiger partial charge is 0.379 e. The van der Waals surface area contributed by atoms with E-state index < -0.39 is 0 Å². The molecule has 1 aliphatic heterocycles. The van der Waals surface area contributed by atoms with Crippen LogP contribution >= 0.6 is 0 Å². The molecule has 1 aromatic heterocycles. The fourth-order valence-corrected chi connectivity index (χ4v) is 3.49. The molecule has 4 heteroatoms. The highest BCUT2D eigenvalue weighted by molar-refractivity contribution is 5.86. The number of benzene rings is 1. The van der Waals surface area contributed by atoms with E-state index in [-0.39, 0.29) is 17.8 Å². The van der Waals surface area contributed by atoms with Gasteiger partial charge in [-0.1, -0.05) is 19.1 Å². The number of pyridine rings is 1. The number of Topliss-reactive ketones (excluding diaryl/α,β-unsaturated/α-hetero) is 1. The molecular formula is C19H24N2O2. The molecule has 3 rings (SSSR count). The van der Waals surface area contributed by atoms with Crippen molar-refractivity contribution >= 4 is 16.7 Å². The van der Waals surface area contributed by atoms with Crippen molar-refractivity contribution in [3.63, 3.8) is 0 Å². The maximum atomic E-state index is 12.7. The van der Waals surface area contributed by atoms with Crippen LogP contribution in [0.5, 0.6) is 0 Å². The van der Waals surface area contributed by atoms with Crippen molar-refractivity contribution in [3.05, 3.63) is 42.1 Å². The Bertz CT molecular complexity index is 680. The van der Waals surface area contributed by atoms with Gasteiger partial charge in [-0.15, -0.1) is 0 Å². The molecule has 0 spiro atoms. The third-order valence-electron chi connectivity index (χ3n) is 4.81. The molecule has 2 aromatic rings. The van der Waals surface area contributed by atoms with Crippen LogP contribution in [-0.4, -0.2) is 36.6 Å². The molecule has 23 heavy (non-hydrogen) atoms. The molecule has 0 amide bonds. The smallest absolute Gasteiger partial charge is 0.142 e. The van der Waals surface area contributed by atoms with E-state index >= 15 is 0 Å². The quantitative estimate of drug-likeness (QED) is 0.891. The third-order valence-corrected chi connectivity index (χ3v) is 4.81. The highest BCUT2D eigenvalue weighted by Gasteiger charge is 2.32. The molecule has 1 aliphatic rings. The Kier molecular flexibility index (Phi) is 5.03. The van der Waals surface area contributed by atoms with Gasteiger partial charge in [-0.25, -0.2) is 0 Å². The number of nitrogens with one attached hydrogen (secondary N) is 1. The third kappa shape index (κ3) is 3.59. The Morgan fingerprint density at radius 3 is 3.04 bits per heavy atom. The van der Waals surface area contributed by atoms with Crippen LogP contribution in [0.4, 0.5) is 0 Å². The minimum absolute atomic E-state index is 0.0490. The number of hydrogen-bond acceptors (Lipinski definition) is 4. The molecule has 3 atom stereocenters. The zero-order valence-electron chi connectivity index (χ0n) is 13.8. The minimum Gasteiger partial charge on any atom is -0.379 e. The average molecular weight is 312 g/mol. The average Bonchev–Trinajstić information content (AvgIpc) is 3.09. The maximum absolute atomic E-state index is 12.7. The molecule has 1 N–H and O–H groups in total. The number of ketones is 1. The Morgan fingerprint density at radius 2 is 2.30 bits per heavy atom. The molecule has 0 unspecified atom stereocenters. The van der Waals surface area contributed by atoms with Crippen molar-refractivity contribution in [1.82, 2.24) is 10.3 Å². The van der Waals surface area contributed by atoms with E-state index in [0.717, 1.165) is 35.9 Å². The normalized spacial score (nSPS) is 20.5. The van der Waals surface area contributed by atoms with Crippen LogP contribution in [0.25, 0.3) is 10.9 Å². The van der Waals surface area contributed by atoms with Crippen LogP contribution in [0.1, 0.15) is 25.3 Å². The maximum Gasteiger partial charge on any atom is 0.142 e. The summed E-state index contributed by atoms with van der Waals surface area (Å²) in [5.41, 5.74) is 2.00. The van der Waals surface area contributed by atoms with Gasteiger partial charge in [-0.05, 0) is 43.1 Å². The number of carbonyl (C=O) groups excluding carboxylic acids is 1. The summed E-state index contributed by atoms with van der Waals surface area (Å²) >= 11 is 0. The van der Waals surface area contributed by atoms with Gasteiger partial charge < -0.3 is 10.1 Å². The van der Waals surface area contributed by atoms with E-state index in [9.17, 15) is 4.79 Å². The van der Waals surface area contributed by atoms with Crippen LogP contribution in [0, 0.1) is 5.92 Å². The van der Waals surface area contributed by atoms with Crippen molar-refractivity contribution in [2.45, 2.75) is 38.3 Å². The van der Waals surface area contributed by atoms with E-state index in [4.69, 9.17) is 4.74 Å². The Hall–Kier alpha value is -1.78. The van der Waals surface area contributed by atoms with Gasteiger partial charge in [0.15, 0.2) is 0 Å². The van der Waals surface area contributed by atoms with Gasteiger partial charge in [0.25, 0.3) is 0 Å². The fraction of sp³-hybridized carbons (Fsp3) is 0.474. The fourth-order valence-electron chi connectivity index (χ4n) is 3.49. The second-order valence-electron chi connectivity index (χ2n) is 6.37. The van der Waals surface area contributed by atoms with Gasteiger partial charge in [0.05, 0.1) is 11.6 Å². The molecule has 0 bridgehead atoms. The number of methoxy groups -OCH3 is 1. The SMILES string of the molecule is CO[C@@H]([C@@H]1CCCN1)[C@@H](C)C(=O)Cc1ccc2ncccc2c1. The molecule has 1 fully saturated rings. The Balaban J connectivity index is 1.71. The highest BCUT2D eigenvalue weighted by atomic mass is 16.5. The predicted molar refractivity (Wildman–Crippen MR) is 91.4 cm³/mol. The first-order valence-corrected chi connectivity index (χ1v) is 8.31. The summed E-state index contributed by atoms with van der Waals surface area (Å²) in [4.78, 5) is 17.0. The van der Waals surface area contributed by atoms with Gasteiger partial charge in [0.2, 0.25) is 0 Å². The molecule has 4 nitrogen and oxygen atoms in total. The van der Waals surface area contributed by atoms with Crippen LogP contribution < -0.4 is 5.32 Å². The lowest BCUT2D eigenvalue weighted by atomic mass is 9.89. The van der Waals surface area contributed by atoms with Gasteiger partial charge in [0, 0.05) is 37.1 Å². The van der Waals surface area contributed by atoms with Crippen LogP contribution in [-0.2, 0) is 16.0 Å². The van der Waals surface area contributed by atoms with Crippen LogP contribution in [0.3, 0.4) is 0 Å². The first-order chi connectivity index (χ1) is 11.2. The Labute approximate surface area is 137 Å². The highest BCUT2D eigenvalue weighted by Crippen LogP contribution is 2.21. The first kappa shape index (κ1) is 16.1. The van der Waals surface area contributed by atoms with E-state index in [1.54, 1.807) is 13.3 Å². The summed E-state index contributed by atoms with van der Waals surface area (Å²) in [6, 6.07) is 10.3. The predicted octanol–water partition coefficient (Wildman–Crippen LogP) is 2.75. The number of aromatic nitrogens is 1. The van der Waals surface area contributed by atoms with Gasteiger partial charge in [-0.2, -0.15) is 0 Å². The molecule has 0 radical (unpaired) electrons. The standard InChI is InChI=1S/C19H24N2O2/c1-13(19(23-2)17-6-4-10-21-17)18(22)12-14-7-8-16-15(11-14)5-3-9-20-16/h3,5,7-9,11,13,17,19,21H,4,6,10,12H2,1-2H3/t13-,17-,19+/m0/s1. The van der Waals surface area contributed by atoms with Crippen molar-refractivity contribution in [3.8, 4) is 0 Å². The van der Waals surface area contributed by atoms with E-state index in [0.29, 0.717) is 12.5 Å². The topological polar surface area (TPSA) is 51.2 Å². The number of nitrogens with zero attached hydrogens (tertiary/aromatic N) is 1. The summed E-state index contributed by atoms with van der Waals surface area (Å²) in [6.45, 7) is 3.00. The molecule has 2 heterocycles. The number of ether oxygens (including phenoxy) is 1. The molecule has 1 aromatic carbocycles. The van der Waals surface area contributed by atoms with Crippen molar-refractivity contribution in [2.24, 2.45) is 5.92 Å². The van der Waals surface area contributed by atoms with Crippen molar-refractivity contribution in [2.75, 3.05) is 13.7 Å². The second kappa shape index (κ2) is 7.20. The molecule has 0 saturated carbocycles. The molecule has 1 saturated heterocycles. The summed E-state index contributed by atoms with van der Waals surface area (Å²) < 4.78 is 5.63. The summed E-state index contributed by atoms with van der Waals surface area (Å²) in [5, 5.41) is 4.52. The van der Waals surface area contributed by atoms with E-state index in [2.05, 4.69) is 16.4 Å². The zero-order valence-corrected chi connectivity index (χ0v) is 13.8. The summed E-state index contributed by atoms with van der Waals surface area (Å²) in [5.74, 6) is 0.119. The lowest BCUT2D eigenvalue weighted by molar-refractivity contribution is -0.126. The molecule has 122 valence electrons. The van der Waals surface area contributed by atoms with Gasteiger partial charge in [0.1, 0.15) is 5.78 Å². The zero-order chi connectivity index (χ0) is 16.2. The number of hydrogen-bond donors (Lipinski definition) is 1. The number of carbonyl (C=O) groups is 1. The van der Waals surface area contributed by atoms with Gasteiger partial charge in [-0.3, -0.25) is 9.78 Å². The Morgan fingerprint density at radius 1 is 1.43 bits per heavy atom. The second-order valence-corrected chi connectivity index (χ2v) is 6.37. The van der Waals surface area contributed by atoms with Crippen molar-refractivity contribution in [1.29, 1.82) is 0 Å². The first-order valence-electron chi connectivity index (χ1n) is 8.31. The van der Waals surface area contributed by atoms with E-state index in [1.807, 2.05) is 31.2 Å². The number of rotatable bonds is 6. The summed E-state index contributed by atoms with van der Waals surface area (Å²) in [6.07, 6.45) is 4.42. The lowest BCUT2D eigenvalue weighted by Crippen LogP contribution is -2.43. The van der Waals surface area contributed by atoms with Crippen molar-refractivity contribution < 1.29 is 9.53 Å². The van der Waals surface area contributed by atoms with Crippen LogP contribution in [0.2, 0.25) is 0 Å². The lowest BCUT2D eigenvalue weighted by Gasteiger charge is -2.27. The number of fused-ring (bicyclic) bond motifs is 1. The van der Waals surface area contributed by atoms with Gasteiger partial charge >= 0.3 is 0 Å². The summed E-state index contributed by atoms with van der Waals surface area (Å²) in [7, 11) is 1.70. The minimum atomic E-state index is -0.111.